The molecular weight excluding hydrogens is 335 g/mol. The molecule has 3 rings (SSSR count). The normalized spacial score (nSPS) is 11.6. The van der Waals surface area contributed by atoms with Crippen molar-refractivity contribution < 1.29 is 18.4 Å². The highest BCUT2D eigenvalue weighted by Gasteiger charge is 2.23. The Labute approximate surface area is 149 Å². The van der Waals surface area contributed by atoms with Gasteiger partial charge < -0.3 is 15.1 Å². The molecule has 0 aliphatic rings. The van der Waals surface area contributed by atoms with Crippen molar-refractivity contribution in [1.29, 1.82) is 0 Å². The molecule has 1 atom stereocenters. The van der Waals surface area contributed by atoms with Gasteiger partial charge in [0.25, 0.3) is 5.91 Å². The lowest BCUT2D eigenvalue weighted by Crippen LogP contribution is -2.45. The van der Waals surface area contributed by atoms with Crippen LogP contribution in [-0.4, -0.2) is 17.9 Å². The van der Waals surface area contributed by atoms with E-state index in [4.69, 9.17) is 4.42 Å². The third-order valence-electron chi connectivity index (χ3n) is 3.74. The van der Waals surface area contributed by atoms with Gasteiger partial charge in [-0.2, -0.15) is 0 Å². The molecular formula is C20H17FN2O3. The first-order chi connectivity index (χ1) is 12.6. The lowest BCUT2D eigenvalue weighted by molar-refractivity contribution is -0.118. The van der Waals surface area contributed by atoms with Crippen molar-refractivity contribution in [2.75, 3.05) is 5.32 Å². The number of furan rings is 1. The lowest BCUT2D eigenvalue weighted by Gasteiger charge is -2.18. The van der Waals surface area contributed by atoms with Crippen LogP contribution in [0.1, 0.15) is 16.1 Å². The van der Waals surface area contributed by atoms with E-state index in [9.17, 15) is 14.0 Å². The summed E-state index contributed by atoms with van der Waals surface area (Å²) in [6.07, 6.45) is 1.67. The lowest BCUT2D eigenvalue weighted by atomic mass is 10.0. The Hall–Kier alpha value is -3.41. The highest BCUT2D eigenvalue weighted by Crippen LogP contribution is 2.12. The average Bonchev–Trinajstić information content (AvgIpc) is 3.17. The van der Waals surface area contributed by atoms with Gasteiger partial charge in [-0.15, -0.1) is 0 Å². The summed E-state index contributed by atoms with van der Waals surface area (Å²) in [6.45, 7) is 0. The van der Waals surface area contributed by atoms with Crippen LogP contribution in [-0.2, 0) is 11.2 Å². The monoisotopic (exact) mass is 352 g/mol. The first-order valence-corrected chi connectivity index (χ1v) is 8.06. The Morgan fingerprint density at radius 1 is 1.00 bits per heavy atom. The Kier molecular flexibility index (Phi) is 5.43. The van der Waals surface area contributed by atoms with Crippen LogP contribution in [0.2, 0.25) is 0 Å². The molecule has 5 nitrogen and oxygen atoms in total. The van der Waals surface area contributed by atoms with Gasteiger partial charge in [-0.25, -0.2) is 4.39 Å². The molecule has 0 spiro atoms. The molecule has 0 aliphatic carbocycles. The molecule has 1 unspecified atom stereocenters. The number of carbonyl (C=O) groups excluding carboxylic acids is 2. The van der Waals surface area contributed by atoms with E-state index in [0.29, 0.717) is 5.69 Å². The van der Waals surface area contributed by atoms with E-state index in [0.717, 1.165) is 5.56 Å². The molecule has 1 aromatic heterocycles. The smallest absolute Gasteiger partial charge is 0.287 e. The van der Waals surface area contributed by atoms with Crippen molar-refractivity contribution in [2.45, 2.75) is 12.5 Å². The van der Waals surface area contributed by atoms with E-state index in [2.05, 4.69) is 10.6 Å². The van der Waals surface area contributed by atoms with E-state index in [1.807, 2.05) is 30.3 Å². The Bertz CT molecular complexity index is 879. The number of carbonyl (C=O) groups is 2. The minimum absolute atomic E-state index is 0.113. The summed E-state index contributed by atoms with van der Waals surface area (Å²) in [7, 11) is 0. The molecule has 0 aliphatic heterocycles. The number of anilines is 1. The summed E-state index contributed by atoms with van der Waals surface area (Å²) in [5.74, 6) is -1.28. The van der Waals surface area contributed by atoms with Crippen LogP contribution in [0.4, 0.5) is 10.1 Å². The van der Waals surface area contributed by atoms with Gasteiger partial charge in [0.05, 0.1) is 6.26 Å². The Balaban J connectivity index is 1.77. The van der Waals surface area contributed by atoms with Crippen LogP contribution >= 0.6 is 0 Å². The van der Waals surface area contributed by atoms with Crippen molar-refractivity contribution in [3.8, 4) is 0 Å². The minimum Gasteiger partial charge on any atom is -0.459 e. The molecule has 0 fully saturated rings. The van der Waals surface area contributed by atoms with Crippen LogP contribution in [0, 0.1) is 5.82 Å². The van der Waals surface area contributed by atoms with Crippen molar-refractivity contribution in [3.63, 3.8) is 0 Å². The maximum absolute atomic E-state index is 13.3. The zero-order valence-corrected chi connectivity index (χ0v) is 13.8. The topological polar surface area (TPSA) is 71.3 Å². The fraction of sp³-hybridized carbons (Fsp3) is 0.100. The molecule has 0 saturated heterocycles. The molecule has 0 bridgehead atoms. The molecule has 2 aromatic carbocycles. The molecule has 1 heterocycles. The van der Waals surface area contributed by atoms with Crippen LogP contribution in [0.3, 0.4) is 0 Å². The van der Waals surface area contributed by atoms with Crippen LogP contribution in [0.5, 0.6) is 0 Å². The van der Waals surface area contributed by atoms with Crippen LogP contribution in [0.15, 0.2) is 77.4 Å². The number of hydrogen-bond donors (Lipinski definition) is 2. The Morgan fingerprint density at radius 2 is 1.81 bits per heavy atom. The SMILES string of the molecule is O=C(NC(Cc1ccccc1)C(=O)Nc1cccc(F)c1)c1ccco1. The van der Waals surface area contributed by atoms with Crippen LogP contribution in [0.25, 0.3) is 0 Å². The molecule has 132 valence electrons. The average molecular weight is 352 g/mol. The predicted molar refractivity (Wildman–Crippen MR) is 95.1 cm³/mol. The highest BCUT2D eigenvalue weighted by atomic mass is 19.1. The summed E-state index contributed by atoms with van der Waals surface area (Å²) < 4.78 is 18.4. The van der Waals surface area contributed by atoms with Crippen molar-refractivity contribution in [1.82, 2.24) is 5.32 Å². The molecule has 3 aromatic rings. The van der Waals surface area contributed by atoms with Crippen molar-refractivity contribution in [2.24, 2.45) is 0 Å². The summed E-state index contributed by atoms with van der Waals surface area (Å²) in [6, 6.07) is 17.1. The zero-order valence-electron chi connectivity index (χ0n) is 13.8. The van der Waals surface area contributed by atoms with Crippen molar-refractivity contribution in [3.05, 3.63) is 90.1 Å². The first kappa shape index (κ1) is 17.4. The van der Waals surface area contributed by atoms with Gasteiger partial charge in [0.15, 0.2) is 5.76 Å². The maximum atomic E-state index is 13.3. The second-order valence-corrected chi connectivity index (χ2v) is 5.69. The van der Waals surface area contributed by atoms with Gasteiger partial charge in [0.2, 0.25) is 5.91 Å². The fourth-order valence-electron chi connectivity index (χ4n) is 2.49. The number of benzene rings is 2. The second kappa shape index (κ2) is 8.11. The van der Waals surface area contributed by atoms with Gasteiger partial charge in [-0.3, -0.25) is 9.59 Å². The van der Waals surface area contributed by atoms with E-state index in [1.54, 1.807) is 12.1 Å². The van der Waals surface area contributed by atoms with E-state index in [-0.39, 0.29) is 12.2 Å². The summed E-state index contributed by atoms with van der Waals surface area (Å²) in [5.41, 5.74) is 1.20. The summed E-state index contributed by atoms with van der Waals surface area (Å²) in [5, 5.41) is 5.29. The number of halogens is 1. The third-order valence-corrected chi connectivity index (χ3v) is 3.74. The van der Waals surface area contributed by atoms with E-state index >= 15 is 0 Å². The number of nitrogens with one attached hydrogen (secondary N) is 2. The Morgan fingerprint density at radius 3 is 2.50 bits per heavy atom. The van der Waals surface area contributed by atoms with Gasteiger partial charge in [-0.1, -0.05) is 36.4 Å². The van der Waals surface area contributed by atoms with Gasteiger partial charge in [-0.05, 0) is 35.9 Å². The molecule has 2 N–H and O–H groups in total. The van der Waals surface area contributed by atoms with E-state index in [1.165, 1.54) is 30.5 Å². The number of hydrogen-bond acceptors (Lipinski definition) is 3. The van der Waals surface area contributed by atoms with Crippen LogP contribution < -0.4 is 10.6 Å². The molecule has 26 heavy (non-hydrogen) atoms. The first-order valence-electron chi connectivity index (χ1n) is 8.06. The standard InChI is InChI=1S/C20H17FN2O3/c21-15-8-4-9-16(13-15)22-19(24)17(12-14-6-2-1-3-7-14)23-20(25)18-10-5-11-26-18/h1-11,13,17H,12H2,(H,22,24)(H,23,25). The molecule has 2 amide bonds. The highest BCUT2D eigenvalue weighted by molar-refractivity contribution is 6.00. The fourth-order valence-corrected chi connectivity index (χ4v) is 2.49. The second-order valence-electron chi connectivity index (χ2n) is 5.69. The number of rotatable bonds is 6. The maximum Gasteiger partial charge on any atom is 0.287 e. The largest absolute Gasteiger partial charge is 0.459 e. The molecule has 0 saturated carbocycles. The zero-order chi connectivity index (χ0) is 18.4. The summed E-state index contributed by atoms with van der Waals surface area (Å²) >= 11 is 0. The quantitative estimate of drug-likeness (QED) is 0.714. The van der Waals surface area contributed by atoms with Gasteiger partial charge in [0, 0.05) is 12.1 Å². The van der Waals surface area contributed by atoms with Gasteiger partial charge >= 0.3 is 0 Å². The van der Waals surface area contributed by atoms with Gasteiger partial charge in [0.1, 0.15) is 11.9 Å². The van der Waals surface area contributed by atoms with Crippen molar-refractivity contribution >= 4 is 17.5 Å². The minimum atomic E-state index is -0.849. The van der Waals surface area contributed by atoms with E-state index < -0.39 is 23.7 Å². The third kappa shape index (κ3) is 4.57. The predicted octanol–water partition coefficient (Wildman–Crippen LogP) is 3.40. The molecule has 0 radical (unpaired) electrons. The molecule has 6 heteroatoms. The number of amides is 2. The summed E-state index contributed by atoms with van der Waals surface area (Å²) in [4.78, 5) is 24.9.